The van der Waals surface area contributed by atoms with Crippen LogP contribution in [0.2, 0.25) is 0 Å². The van der Waals surface area contributed by atoms with Gasteiger partial charge in [0.25, 0.3) is 0 Å². The van der Waals surface area contributed by atoms with E-state index < -0.39 is 0 Å². The van der Waals surface area contributed by atoms with Crippen LogP contribution in [0.3, 0.4) is 0 Å². The Balaban J connectivity index is 2.91. The lowest BCUT2D eigenvalue weighted by molar-refractivity contribution is 0.228. The van der Waals surface area contributed by atoms with Gasteiger partial charge >= 0.3 is 0 Å². The predicted molar refractivity (Wildman–Crippen MR) is 43.9 cm³/mol. The fraction of sp³-hybridized carbons (Fsp3) is 0.750. The maximum atomic E-state index is 5.13. The first kappa shape index (κ1) is 9.50. The lowest BCUT2D eigenvalue weighted by Gasteiger charge is -2.07. The van der Waals surface area contributed by atoms with Crippen LogP contribution in [0, 0.1) is 0 Å². The van der Waals surface area contributed by atoms with Crippen LogP contribution in [-0.2, 0) is 4.74 Å². The Hall–Kier alpha value is -0.500. The van der Waals surface area contributed by atoms with Gasteiger partial charge in [-0.25, -0.2) is 0 Å². The van der Waals surface area contributed by atoms with Gasteiger partial charge in [0.2, 0.25) is 0 Å². The number of allylic oxidation sites excluding steroid dienone is 1. The van der Waals surface area contributed by atoms with Crippen molar-refractivity contribution in [3.63, 3.8) is 0 Å². The second kappa shape index (κ2) is 6.62. The van der Waals surface area contributed by atoms with Crippen LogP contribution in [0.5, 0.6) is 0 Å². The van der Waals surface area contributed by atoms with Gasteiger partial charge in [0.1, 0.15) is 0 Å². The summed E-state index contributed by atoms with van der Waals surface area (Å²) in [6.07, 6.45) is 4.72. The molecule has 0 aliphatic heterocycles. The summed E-state index contributed by atoms with van der Waals surface area (Å²) in [6, 6.07) is 0. The van der Waals surface area contributed by atoms with Gasteiger partial charge in [0.15, 0.2) is 0 Å². The van der Waals surface area contributed by atoms with Crippen molar-refractivity contribution in [3.05, 3.63) is 12.3 Å². The summed E-state index contributed by atoms with van der Waals surface area (Å²) in [4.78, 5) is 2.15. The van der Waals surface area contributed by atoms with Crippen LogP contribution in [0.1, 0.15) is 13.3 Å². The first-order valence-corrected chi connectivity index (χ1v) is 3.65. The van der Waals surface area contributed by atoms with Crippen molar-refractivity contribution in [2.75, 3.05) is 27.2 Å². The van der Waals surface area contributed by atoms with Crippen molar-refractivity contribution in [2.45, 2.75) is 13.3 Å². The molecule has 0 amide bonds. The molecule has 0 spiro atoms. The molecule has 0 aromatic carbocycles. The van der Waals surface area contributed by atoms with Crippen LogP contribution in [0.4, 0.5) is 0 Å². The minimum absolute atomic E-state index is 0.822. The summed E-state index contributed by atoms with van der Waals surface area (Å²) >= 11 is 0. The smallest absolute Gasteiger partial charge is 0.0885 e. The highest BCUT2D eigenvalue weighted by molar-refractivity contribution is 4.64. The first-order chi connectivity index (χ1) is 4.77. The highest BCUT2D eigenvalue weighted by Gasteiger charge is 1.87. The van der Waals surface area contributed by atoms with Gasteiger partial charge in [0, 0.05) is 6.54 Å². The Labute approximate surface area is 63.5 Å². The summed E-state index contributed by atoms with van der Waals surface area (Å²) in [5, 5.41) is 0. The Kier molecular flexibility index (Phi) is 6.29. The van der Waals surface area contributed by atoms with Crippen LogP contribution in [0.25, 0.3) is 0 Å². The molecule has 0 atom stereocenters. The molecule has 0 radical (unpaired) electrons. The standard InChI is InChI=1S/C8H17NO/c1-4-7-10-8-5-6-9(2)3/h4,7H,5-6,8H2,1-3H3. The van der Waals surface area contributed by atoms with Gasteiger partial charge < -0.3 is 9.64 Å². The fourth-order valence-electron chi connectivity index (χ4n) is 0.628. The van der Waals surface area contributed by atoms with E-state index in [-0.39, 0.29) is 0 Å². The second-order valence-electron chi connectivity index (χ2n) is 2.50. The zero-order valence-electron chi connectivity index (χ0n) is 7.13. The Bertz CT molecular complexity index is 89.3. The summed E-state index contributed by atoms with van der Waals surface area (Å²) in [5.41, 5.74) is 0. The van der Waals surface area contributed by atoms with Gasteiger partial charge in [-0.3, -0.25) is 0 Å². The molecule has 0 rings (SSSR count). The molecule has 0 aromatic rings. The lowest BCUT2D eigenvalue weighted by atomic mass is 10.4. The van der Waals surface area contributed by atoms with Crippen molar-refractivity contribution < 1.29 is 4.74 Å². The van der Waals surface area contributed by atoms with E-state index in [1.807, 2.05) is 13.0 Å². The maximum absolute atomic E-state index is 5.13. The van der Waals surface area contributed by atoms with Crippen molar-refractivity contribution in [1.29, 1.82) is 0 Å². The van der Waals surface area contributed by atoms with E-state index in [0.29, 0.717) is 0 Å². The Morgan fingerprint density at radius 1 is 1.40 bits per heavy atom. The summed E-state index contributed by atoms with van der Waals surface area (Å²) in [7, 11) is 4.13. The molecule has 2 nitrogen and oxygen atoms in total. The Morgan fingerprint density at radius 2 is 2.10 bits per heavy atom. The third-order valence-corrected chi connectivity index (χ3v) is 1.10. The lowest BCUT2D eigenvalue weighted by Crippen LogP contribution is -2.14. The molecule has 0 N–H and O–H groups in total. The fourth-order valence-corrected chi connectivity index (χ4v) is 0.628. The first-order valence-electron chi connectivity index (χ1n) is 3.65. The summed E-state index contributed by atoms with van der Waals surface area (Å²) in [5.74, 6) is 0. The second-order valence-corrected chi connectivity index (χ2v) is 2.50. The molecule has 0 fully saturated rings. The topological polar surface area (TPSA) is 12.5 Å². The van der Waals surface area contributed by atoms with E-state index >= 15 is 0 Å². The molecule has 0 unspecified atom stereocenters. The molecule has 0 heterocycles. The average Bonchev–Trinajstić information content (AvgIpc) is 1.87. The number of hydrogen-bond acceptors (Lipinski definition) is 2. The zero-order chi connectivity index (χ0) is 7.82. The Morgan fingerprint density at radius 3 is 2.60 bits per heavy atom. The van der Waals surface area contributed by atoms with E-state index in [2.05, 4.69) is 19.0 Å². The highest BCUT2D eigenvalue weighted by atomic mass is 16.5. The van der Waals surface area contributed by atoms with Gasteiger partial charge in [-0.15, -0.1) is 0 Å². The normalized spacial score (nSPS) is 11.2. The third-order valence-electron chi connectivity index (χ3n) is 1.10. The number of ether oxygens (including phenoxy) is 1. The molecule has 2 heteroatoms. The SMILES string of the molecule is CC=COCCCN(C)C. The predicted octanol–water partition coefficient (Wildman–Crippen LogP) is 1.49. The van der Waals surface area contributed by atoms with Gasteiger partial charge in [0.05, 0.1) is 12.9 Å². The molecule has 10 heavy (non-hydrogen) atoms. The van der Waals surface area contributed by atoms with Crippen molar-refractivity contribution in [2.24, 2.45) is 0 Å². The van der Waals surface area contributed by atoms with Gasteiger partial charge in [-0.1, -0.05) is 6.08 Å². The van der Waals surface area contributed by atoms with Gasteiger partial charge in [-0.2, -0.15) is 0 Å². The van der Waals surface area contributed by atoms with E-state index in [9.17, 15) is 0 Å². The van der Waals surface area contributed by atoms with Crippen molar-refractivity contribution >= 4 is 0 Å². The minimum atomic E-state index is 0.822. The average molecular weight is 143 g/mol. The van der Waals surface area contributed by atoms with Crippen molar-refractivity contribution in [1.82, 2.24) is 4.90 Å². The molecule has 0 aliphatic carbocycles. The van der Waals surface area contributed by atoms with Crippen LogP contribution in [-0.4, -0.2) is 32.1 Å². The number of rotatable bonds is 5. The molecule has 0 aliphatic rings. The van der Waals surface area contributed by atoms with Crippen molar-refractivity contribution in [3.8, 4) is 0 Å². The monoisotopic (exact) mass is 143 g/mol. The molecule has 60 valence electrons. The zero-order valence-corrected chi connectivity index (χ0v) is 7.13. The van der Waals surface area contributed by atoms with E-state index in [4.69, 9.17) is 4.74 Å². The molecule has 0 saturated carbocycles. The van der Waals surface area contributed by atoms with Gasteiger partial charge in [-0.05, 0) is 27.4 Å². The van der Waals surface area contributed by atoms with E-state index in [0.717, 1.165) is 19.6 Å². The molecule has 0 bridgehead atoms. The molecular formula is C8H17NO. The van der Waals surface area contributed by atoms with E-state index in [1.54, 1.807) is 6.26 Å². The van der Waals surface area contributed by atoms with Crippen LogP contribution in [0.15, 0.2) is 12.3 Å². The summed E-state index contributed by atoms with van der Waals surface area (Å²) in [6.45, 7) is 3.87. The minimum Gasteiger partial charge on any atom is -0.501 e. The van der Waals surface area contributed by atoms with Crippen LogP contribution < -0.4 is 0 Å². The highest BCUT2D eigenvalue weighted by Crippen LogP contribution is 1.85. The van der Waals surface area contributed by atoms with Crippen LogP contribution >= 0.6 is 0 Å². The number of hydrogen-bond donors (Lipinski definition) is 0. The maximum Gasteiger partial charge on any atom is 0.0885 e. The quantitative estimate of drug-likeness (QED) is 0.427. The number of nitrogens with zero attached hydrogens (tertiary/aromatic N) is 1. The molecule has 0 aromatic heterocycles. The van der Waals surface area contributed by atoms with E-state index in [1.165, 1.54) is 0 Å². The summed E-state index contributed by atoms with van der Waals surface area (Å²) < 4.78 is 5.13. The molecule has 0 saturated heterocycles. The molecular weight excluding hydrogens is 126 g/mol. The largest absolute Gasteiger partial charge is 0.501 e. The third kappa shape index (κ3) is 7.50.